The van der Waals surface area contributed by atoms with E-state index in [0.29, 0.717) is 0 Å². The molecule has 118 valence electrons. The quantitative estimate of drug-likeness (QED) is 0.464. The summed E-state index contributed by atoms with van der Waals surface area (Å²) < 4.78 is 0. The van der Waals surface area contributed by atoms with Gasteiger partial charge in [0.25, 0.3) is 0 Å². The first-order chi connectivity index (χ1) is 11.7. The van der Waals surface area contributed by atoms with Gasteiger partial charge < -0.3 is 0 Å². The van der Waals surface area contributed by atoms with E-state index in [1.54, 1.807) is 53.0 Å². The molecule has 0 amide bonds. The van der Waals surface area contributed by atoms with Gasteiger partial charge in [0.15, 0.2) is 0 Å². The molecule has 3 aromatic rings. The first-order valence-electron chi connectivity index (χ1n) is 7.21. The maximum Gasteiger partial charge on any atom is 0.204 e. The molecule has 0 spiro atoms. The molecule has 0 atom stereocenters. The molecule has 0 fully saturated rings. The van der Waals surface area contributed by atoms with E-state index in [9.17, 15) is 9.59 Å². The summed E-state index contributed by atoms with van der Waals surface area (Å²) in [5.74, 6) is -0.444. The Balaban J connectivity index is 1.73. The second-order valence-electron chi connectivity index (χ2n) is 4.83. The minimum atomic E-state index is -0.222. The number of pyridine rings is 1. The number of rotatable bonds is 6. The highest BCUT2D eigenvalue weighted by Crippen LogP contribution is 2.13. The lowest BCUT2D eigenvalue weighted by Crippen LogP contribution is -2.04. The van der Waals surface area contributed by atoms with Crippen molar-refractivity contribution in [1.29, 1.82) is 0 Å². The highest BCUT2D eigenvalue weighted by Gasteiger charge is 2.09. The Kier molecular flexibility index (Phi) is 5.25. The molecule has 0 N–H and O–H groups in total. The lowest BCUT2D eigenvalue weighted by atomic mass is 10.2. The Morgan fingerprint density at radius 2 is 1.25 bits per heavy atom. The van der Waals surface area contributed by atoms with Crippen LogP contribution in [0.3, 0.4) is 0 Å². The Morgan fingerprint density at radius 3 is 1.67 bits per heavy atom. The molecule has 0 aliphatic heterocycles. The van der Waals surface area contributed by atoms with E-state index in [0.717, 1.165) is 9.75 Å². The van der Waals surface area contributed by atoms with E-state index < -0.39 is 0 Å². The average molecular weight is 351 g/mol. The number of allylic oxidation sites excluding steroid dienone is 2. The zero-order chi connectivity index (χ0) is 16.8. The van der Waals surface area contributed by atoms with Gasteiger partial charge in [-0.1, -0.05) is 18.2 Å². The van der Waals surface area contributed by atoms with Gasteiger partial charge in [-0.15, -0.1) is 22.7 Å². The van der Waals surface area contributed by atoms with Crippen LogP contribution in [-0.2, 0) is 0 Å². The summed E-state index contributed by atoms with van der Waals surface area (Å²) in [6.45, 7) is 0. The van der Waals surface area contributed by atoms with Crippen LogP contribution in [0.25, 0.3) is 12.2 Å². The normalized spacial score (nSPS) is 11.3. The predicted molar refractivity (Wildman–Crippen MR) is 99.6 cm³/mol. The summed E-state index contributed by atoms with van der Waals surface area (Å²) in [4.78, 5) is 30.5. The number of carbonyl (C=O) groups excluding carboxylic acids is 2. The van der Waals surface area contributed by atoms with Crippen LogP contribution in [-0.4, -0.2) is 16.6 Å². The monoisotopic (exact) mass is 351 g/mol. The summed E-state index contributed by atoms with van der Waals surface area (Å²) in [6.07, 6.45) is 6.45. The van der Waals surface area contributed by atoms with Crippen LogP contribution in [0.2, 0.25) is 0 Å². The van der Waals surface area contributed by atoms with Gasteiger partial charge in [-0.3, -0.25) is 9.59 Å². The van der Waals surface area contributed by atoms with Crippen molar-refractivity contribution in [2.24, 2.45) is 0 Å². The molecule has 3 nitrogen and oxygen atoms in total. The molecule has 0 radical (unpaired) electrons. The third-order valence-corrected chi connectivity index (χ3v) is 4.81. The molecule has 0 saturated heterocycles. The SMILES string of the molecule is O=C(/C=C/c1cccs1)c1cccc(C(=O)/C=C/c2cccs2)n1. The second kappa shape index (κ2) is 7.77. The molecular weight excluding hydrogens is 338 g/mol. The summed E-state index contributed by atoms with van der Waals surface area (Å²) in [6, 6.07) is 12.6. The molecular formula is C19H13NO2S2. The number of thiophene rings is 2. The van der Waals surface area contributed by atoms with Gasteiger partial charge in [-0.25, -0.2) is 4.98 Å². The Labute approximate surface area is 147 Å². The van der Waals surface area contributed by atoms with E-state index in [4.69, 9.17) is 0 Å². The van der Waals surface area contributed by atoms with Crippen LogP contribution in [0.1, 0.15) is 30.7 Å². The Morgan fingerprint density at radius 1 is 0.750 bits per heavy atom. The van der Waals surface area contributed by atoms with Gasteiger partial charge in [-0.2, -0.15) is 0 Å². The van der Waals surface area contributed by atoms with Crippen molar-refractivity contribution in [3.8, 4) is 0 Å². The number of nitrogens with zero attached hydrogens (tertiary/aromatic N) is 1. The molecule has 0 aromatic carbocycles. The molecule has 3 heterocycles. The number of carbonyl (C=O) groups is 2. The van der Waals surface area contributed by atoms with E-state index in [-0.39, 0.29) is 23.0 Å². The Bertz CT molecular complexity index is 820. The predicted octanol–water partition coefficient (Wildman–Crippen LogP) is 5.00. The molecule has 0 aliphatic rings. The molecule has 0 saturated carbocycles. The van der Waals surface area contributed by atoms with Gasteiger partial charge >= 0.3 is 0 Å². The van der Waals surface area contributed by atoms with E-state index in [1.165, 1.54) is 12.2 Å². The first kappa shape index (κ1) is 16.2. The Hall–Kier alpha value is -2.63. The second-order valence-corrected chi connectivity index (χ2v) is 6.79. The smallest absolute Gasteiger partial charge is 0.204 e. The van der Waals surface area contributed by atoms with E-state index >= 15 is 0 Å². The molecule has 0 unspecified atom stereocenters. The molecule has 5 heteroatoms. The topological polar surface area (TPSA) is 47.0 Å². The van der Waals surface area contributed by atoms with Crippen molar-refractivity contribution >= 4 is 46.4 Å². The van der Waals surface area contributed by atoms with Gasteiger partial charge in [0.2, 0.25) is 11.6 Å². The fraction of sp³-hybridized carbons (Fsp3) is 0. The summed E-state index contributed by atoms with van der Waals surface area (Å²) in [5, 5.41) is 3.89. The molecule has 0 aliphatic carbocycles. The van der Waals surface area contributed by atoms with Crippen molar-refractivity contribution in [2.45, 2.75) is 0 Å². The van der Waals surface area contributed by atoms with Crippen LogP contribution < -0.4 is 0 Å². The minimum absolute atomic E-state index is 0.222. The first-order valence-corrected chi connectivity index (χ1v) is 8.97. The van der Waals surface area contributed by atoms with Gasteiger partial charge in [-0.05, 0) is 59.3 Å². The third kappa shape index (κ3) is 4.22. The largest absolute Gasteiger partial charge is 0.288 e. The van der Waals surface area contributed by atoms with E-state index in [2.05, 4.69) is 4.98 Å². The summed E-state index contributed by atoms with van der Waals surface area (Å²) >= 11 is 3.10. The molecule has 0 bridgehead atoms. The number of ketones is 2. The fourth-order valence-corrected chi connectivity index (χ4v) is 3.20. The fourth-order valence-electron chi connectivity index (χ4n) is 1.97. The summed E-state index contributed by atoms with van der Waals surface area (Å²) in [5.41, 5.74) is 0.524. The lowest BCUT2D eigenvalue weighted by Gasteiger charge is -1.99. The maximum atomic E-state index is 12.2. The zero-order valence-electron chi connectivity index (χ0n) is 12.6. The van der Waals surface area contributed by atoms with Crippen molar-refractivity contribution in [1.82, 2.24) is 4.98 Å². The standard InChI is InChI=1S/C19H13NO2S2/c21-18(10-8-14-4-2-12-23-14)16-6-1-7-17(20-16)19(22)11-9-15-5-3-13-24-15/h1-13H/b10-8+,11-9+. The van der Waals surface area contributed by atoms with Gasteiger partial charge in [0.05, 0.1) is 0 Å². The van der Waals surface area contributed by atoms with Gasteiger partial charge in [0, 0.05) is 9.75 Å². The van der Waals surface area contributed by atoms with Crippen LogP contribution in [0.4, 0.5) is 0 Å². The average Bonchev–Trinajstić information content (AvgIpc) is 3.31. The number of hydrogen-bond donors (Lipinski definition) is 0. The highest BCUT2D eigenvalue weighted by molar-refractivity contribution is 7.11. The minimum Gasteiger partial charge on any atom is -0.288 e. The van der Waals surface area contributed by atoms with Crippen LogP contribution in [0.5, 0.6) is 0 Å². The molecule has 3 rings (SSSR count). The van der Waals surface area contributed by atoms with Crippen LogP contribution in [0.15, 0.2) is 65.4 Å². The van der Waals surface area contributed by atoms with Crippen molar-refractivity contribution in [3.63, 3.8) is 0 Å². The lowest BCUT2D eigenvalue weighted by molar-refractivity contribution is 0.104. The molecule has 24 heavy (non-hydrogen) atoms. The highest BCUT2D eigenvalue weighted by atomic mass is 32.1. The van der Waals surface area contributed by atoms with Gasteiger partial charge in [0.1, 0.15) is 11.4 Å². The zero-order valence-corrected chi connectivity index (χ0v) is 14.2. The van der Waals surface area contributed by atoms with Crippen molar-refractivity contribution < 1.29 is 9.59 Å². The maximum absolute atomic E-state index is 12.2. The third-order valence-electron chi connectivity index (χ3n) is 3.14. The molecule has 3 aromatic heterocycles. The summed E-state index contributed by atoms with van der Waals surface area (Å²) in [7, 11) is 0. The van der Waals surface area contributed by atoms with Crippen LogP contribution >= 0.6 is 22.7 Å². The van der Waals surface area contributed by atoms with Crippen molar-refractivity contribution in [3.05, 3.63) is 86.5 Å². The van der Waals surface area contributed by atoms with E-state index in [1.807, 2.05) is 35.0 Å². The van der Waals surface area contributed by atoms with Crippen molar-refractivity contribution in [2.75, 3.05) is 0 Å². The van der Waals surface area contributed by atoms with Crippen LogP contribution in [0, 0.1) is 0 Å². The number of hydrogen-bond acceptors (Lipinski definition) is 5. The number of aromatic nitrogens is 1.